The van der Waals surface area contributed by atoms with Crippen molar-refractivity contribution in [2.45, 2.75) is 13.1 Å². The molecule has 0 bridgehead atoms. The van der Waals surface area contributed by atoms with Gasteiger partial charge in [0.2, 0.25) is 0 Å². The van der Waals surface area contributed by atoms with Crippen LogP contribution in [0.1, 0.15) is 11.1 Å². The maximum Gasteiger partial charge on any atom is 0.277 e. The highest BCUT2D eigenvalue weighted by Crippen LogP contribution is 2.30. The highest BCUT2D eigenvalue weighted by Gasteiger charge is 2.30. The van der Waals surface area contributed by atoms with E-state index >= 15 is 0 Å². The summed E-state index contributed by atoms with van der Waals surface area (Å²) in [7, 11) is 0. The minimum atomic E-state index is -0.414. The van der Waals surface area contributed by atoms with Crippen LogP contribution in [0, 0.1) is 0 Å². The Morgan fingerprint density at radius 3 is 2.42 bits per heavy atom. The van der Waals surface area contributed by atoms with E-state index in [9.17, 15) is 9.59 Å². The predicted molar refractivity (Wildman–Crippen MR) is 98.3 cm³/mol. The molecule has 2 aliphatic rings. The second-order valence-electron chi connectivity index (χ2n) is 6.38. The molecule has 2 heterocycles. The number of rotatable bonds is 5. The zero-order valence-corrected chi connectivity index (χ0v) is 14.2. The molecule has 4 rings (SSSR count). The van der Waals surface area contributed by atoms with Crippen LogP contribution >= 0.6 is 0 Å². The standard InChI is InChI=1S/C20H19N3O3/c24-9-8-23-19(25)11-18(20(23)26)21-16-6-3-7-17(10-16)22-12-14-4-1-2-5-15(14)13-22/h1-7,10-11,21,24H,8-9,12-13H2. The molecule has 2 N–H and O–H groups in total. The number of amides is 2. The van der Waals surface area contributed by atoms with Crippen molar-refractivity contribution in [2.24, 2.45) is 0 Å². The topological polar surface area (TPSA) is 72.9 Å². The summed E-state index contributed by atoms with van der Waals surface area (Å²) in [4.78, 5) is 27.4. The van der Waals surface area contributed by atoms with Crippen molar-refractivity contribution in [3.63, 3.8) is 0 Å². The fourth-order valence-corrected chi connectivity index (χ4v) is 3.36. The summed E-state index contributed by atoms with van der Waals surface area (Å²) in [5, 5.41) is 12.0. The Hall–Kier alpha value is -3.12. The molecule has 2 aromatic rings. The van der Waals surface area contributed by atoms with Gasteiger partial charge in [0.15, 0.2) is 0 Å². The van der Waals surface area contributed by atoms with E-state index in [0.717, 1.165) is 29.4 Å². The fraction of sp³-hybridized carbons (Fsp3) is 0.200. The van der Waals surface area contributed by atoms with Gasteiger partial charge in [-0.3, -0.25) is 14.5 Å². The van der Waals surface area contributed by atoms with E-state index < -0.39 is 11.8 Å². The average molecular weight is 349 g/mol. The molecule has 0 aliphatic carbocycles. The van der Waals surface area contributed by atoms with E-state index in [1.165, 1.54) is 17.2 Å². The van der Waals surface area contributed by atoms with E-state index in [1.807, 2.05) is 36.4 Å². The molecule has 2 amide bonds. The van der Waals surface area contributed by atoms with Crippen LogP contribution in [0.5, 0.6) is 0 Å². The van der Waals surface area contributed by atoms with Crippen LogP contribution in [-0.4, -0.2) is 35.0 Å². The van der Waals surface area contributed by atoms with Gasteiger partial charge in [0.25, 0.3) is 11.8 Å². The minimum absolute atomic E-state index is 0.00538. The van der Waals surface area contributed by atoms with Gasteiger partial charge in [0.1, 0.15) is 5.70 Å². The lowest BCUT2D eigenvalue weighted by molar-refractivity contribution is -0.137. The van der Waals surface area contributed by atoms with Crippen molar-refractivity contribution in [3.05, 3.63) is 71.4 Å². The summed E-state index contributed by atoms with van der Waals surface area (Å²) in [6, 6.07) is 16.2. The number of aliphatic hydroxyl groups is 1. The van der Waals surface area contributed by atoms with Gasteiger partial charge in [0.05, 0.1) is 13.2 Å². The molecule has 0 saturated carbocycles. The number of benzene rings is 2. The molecule has 6 heteroatoms. The zero-order chi connectivity index (χ0) is 18.1. The van der Waals surface area contributed by atoms with Gasteiger partial charge in [-0.25, -0.2) is 0 Å². The Kier molecular flexibility index (Phi) is 4.18. The molecule has 0 spiro atoms. The lowest BCUT2D eigenvalue weighted by Gasteiger charge is -2.19. The van der Waals surface area contributed by atoms with Crippen molar-refractivity contribution >= 4 is 23.2 Å². The van der Waals surface area contributed by atoms with Gasteiger partial charge in [-0.1, -0.05) is 30.3 Å². The number of hydrogen-bond donors (Lipinski definition) is 2. The molecule has 6 nitrogen and oxygen atoms in total. The van der Waals surface area contributed by atoms with Gasteiger partial charge in [-0.05, 0) is 29.3 Å². The van der Waals surface area contributed by atoms with E-state index in [4.69, 9.17) is 5.11 Å². The summed E-state index contributed by atoms with van der Waals surface area (Å²) in [6.45, 7) is 1.46. The van der Waals surface area contributed by atoms with Crippen molar-refractivity contribution in [1.29, 1.82) is 0 Å². The smallest absolute Gasteiger partial charge is 0.277 e. The van der Waals surface area contributed by atoms with Gasteiger partial charge in [0, 0.05) is 30.5 Å². The van der Waals surface area contributed by atoms with Crippen molar-refractivity contribution in [3.8, 4) is 0 Å². The molecule has 0 atom stereocenters. The molecule has 132 valence electrons. The monoisotopic (exact) mass is 349 g/mol. The molecule has 0 aromatic heterocycles. The summed E-state index contributed by atoms with van der Waals surface area (Å²) in [6.07, 6.45) is 1.27. The third-order valence-electron chi connectivity index (χ3n) is 4.66. The van der Waals surface area contributed by atoms with Crippen LogP contribution in [0.3, 0.4) is 0 Å². The van der Waals surface area contributed by atoms with Crippen molar-refractivity contribution in [1.82, 2.24) is 4.90 Å². The number of anilines is 2. The number of aliphatic hydroxyl groups excluding tert-OH is 1. The van der Waals surface area contributed by atoms with Crippen LogP contribution < -0.4 is 10.2 Å². The molecule has 26 heavy (non-hydrogen) atoms. The Labute approximate surface area is 151 Å². The first-order valence-electron chi connectivity index (χ1n) is 8.53. The Morgan fingerprint density at radius 2 is 1.73 bits per heavy atom. The summed E-state index contributed by atoms with van der Waals surface area (Å²) >= 11 is 0. The number of nitrogens with one attached hydrogen (secondary N) is 1. The summed E-state index contributed by atoms with van der Waals surface area (Å²) in [5.74, 6) is -0.819. The number of carbonyl (C=O) groups excluding carboxylic acids is 2. The van der Waals surface area contributed by atoms with Gasteiger partial charge in [-0.15, -0.1) is 0 Å². The minimum Gasteiger partial charge on any atom is -0.395 e. The number of fused-ring (bicyclic) bond motifs is 1. The lowest BCUT2D eigenvalue weighted by Crippen LogP contribution is -2.34. The Morgan fingerprint density at radius 1 is 1.00 bits per heavy atom. The number of nitrogens with zero attached hydrogens (tertiary/aromatic N) is 2. The fourth-order valence-electron chi connectivity index (χ4n) is 3.36. The number of hydrogen-bond acceptors (Lipinski definition) is 5. The number of β-amino-alcohol motifs (C(OH)–C–C–N with tert-alkyl or cyclic N) is 1. The third-order valence-corrected chi connectivity index (χ3v) is 4.66. The van der Waals surface area contributed by atoms with E-state index in [1.54, 1.807) is 0 Å². The summed E-state index contributed by atoms with van der Waals surface area (Å²) < 4.78 is 0. The van der Waals surface area contributed by atoms with Gasteiger partial charge in [-0.2, -0.15) is 0 Å². The van der Waals surface area contributed by atoms with Crippen LogP contribution in [0.2, 0.25) is 0 Å². The van der Waals surface area contributed by atoms with E-state index in [0.29, 0.717) is 0 Å². The molecule has 0 saturated heterocycles. The average Bonchev–Trinajstić information content (AvgIpc) is 3.19. The molecule has 0 unspecified atom stereocenters. The predicted octanol–water partition coefficient (Wildman–Crippen LogP) is 1.86. The highest BCUT2D eigenvalue weighted by atomic mass is 16.3. The molecule has 2 aliphatic heterocycles. The quantitative estimate of drug-likeness (QED) is 0.806. The second kappa shape index (κ2) is 6.65. The van der Waals surface area contributed by atoms with Crippen molar-refractivity contribution in [2.75, 3.05) is 23.4 Å². The number of imide groups is 1. The summed E-state index contributed by atoms with van der Waals surface area (Å²) in [5.41, 5.74) is 4.67. The molecule has 2 aromatic carbocycles. The van der Waals surface area contributed by atoms with E-state index in [2.05, 4.69) is 22.3 Å². The van der Waals surface area contributed by atoms with Crippen molar-refractivity contribution < 1.29 is 14.7 Å². The van der Waals surface area contributed by atoms with E-state index in [-0.39, 0.29) is 18.8 Å². The highest BCUT2D eigenvalue weighted by molar-refractivity contribution is 6.17. The normalized spacial score (nSPS) is 16.1. The van der Waals surface area contributed by atoms with Crippen LogP contribution in [0.25, 0.3) is 0 Å². The third kappa shape index (κ3) is 2.95. The maximum atomic E-state index is 12.3. The van der Waals surface area contributed by atoms with Crippen LogP contribution in [-0.2, 0) is 22.7 Å². The second-order valence-corrected chi connectivity index (χ2v) is 6.38. The molecular formula is C20H19N3O3. The first-order chi connectivity index (χ1) is 12.7. The number of carbonyl (C=O) groups is 2. The molecule has 0 radical (unpaired) electrons. The largest absolute Gasteiger partial charge is 0.395 e. The van der Waals surface area contributed by atoms with Crippen LogP contribution in [0.4, 0.5) is 11.4 Å². The molecular weight excluding hydrogens is 330 g/mol. The first-order valence-corrected chi connectivity index (χ1v) is 8.53. The molecule has 0 fully saturated rings. The van der Waals surface area contributed by atoms with Crippen LogP contribution in [0.15, 0.2) is 60.3 Å². The Bertz CT molecular complexity index is 882. The lowest BCUT2D eigenvalue weighted by atomic mass is 10.1. The Balaban J connectivity index is 1.50. The first kappa shape index (κ1) is 16.4. The maximum absolute atomic E-state index is 12.3. The van der Waals surface area contributed by atoms with Gasteiger partial charge >= 0.3 is 0 Å². The SMILES string of the molecule is O=C1C=C(Nc2cccc(N3Cc4ccccc4C3)c2)C(=O)N1CCO. The zero-order valence-electron chi connectivity index (χ0n) is 14.2. The van der Waals surface area contributed by atoms with Gasteiger partial charge < -0.3 is 15.3 Å².